The van der Waals surface area contributed by atoms with E-state index in [1.165, 1.54) is 0 Å². The van der Waals surface area contributed by atoms with Crippen LogP contribution in [0.2, 0.25) is 0 Å². The Morgan fingerprint density at radius 2 is 1.72 bits per heavy atom. The number of hydrazone groups is 1. The second-order valence-electron chi connectivity index (χ2n) is 3.66. The third-order valence-corrected chi connectivity index (χ3v) is 2.34. The van der Waals surface area contributed by atoms with Crippen LogP contribution < -0.4 is 5.43 Å². The van der Waals surface area contributed by atoms with Crippen molar-refractivity contribution in [2.45, 2.75) is 0 Å². The zero-order valence-electron chi connectivity index (χ0n) is 9.58. The highest BCUT2D eigenvalue weighted by Crippen LogP contribution is 2.05. The minimum absolute atomic E-state index is 0.267. The minimum Gasteiger partial charge on any atom is -0.478 e. The molecule has 0 saturated heterocycles. The van der Waals surface area contributed by atoms with Gasteiger partial charge in [-0.2, -0.15) is 5.10 Å². The summed E-state index contributed by atoms with van der Waals surface area (Å²) < 4.78 is 0. The van der Waals surface area contributed by atoms with E-state index in [0.717, 1.165) is 11.3 Å². The maximum absolute atomic E-state index is 10.7. The molecule has 0 radical (unpaired) electrons. The molecule has 0 aliphatic heterocycles. The summed E-state index contributed by atoms with van der Waals surface area (Å²) in [5, 5.41) is 12.8. The van der Waals surface area contributed by atoms with Crippen LogP contribution in [-0.4, -0.2) is 17.3 Å². The van der Waals surface area contributed by atoms with E-state index in [0.29, 0.717) is 0 Å². The number of anilines is 1. The zero-order valence-corrected chi connectivity index (χ0v) is 9.58. The number of para-hydroxylation sites is 1. The Labute approximate surface area is 105 Å². The lowest BCUT2D eigenvalue weighted by atomic mass is 10.1. The van der Waals surface area contributed by atoms with E-state index in [4.69, 9.17) is 5.11 Å². The Balaban J connectivity index is 1.99. The van der Waals surface area contributed by atoms with Crippen molar-refractivity contribution in [1.82, 2.24) is 0 Å². The molecule has 18 heavy (non-hydrogen) atoms. The number of aromatic carboxylic acids is 1. The second-order valence-corrected chi connectivity index (χ2v) is 3.66. The highest BCUT2D eigenvalue weighted by molar-refractivity contribution is 5.89. The third kappa shape index (κ3) is 3.18. The lowest BCUT2D eigenvalue weighted by Gasteiger charge is -1.99. The summed E-state index contributed by atoms with van der Waals surface area (Å²) in [5.74, 6) is -0.930. The first-order valence-corrected chi connectivity index (χ1v) is 5.43. The quantitative estimate of drug-likeness (QED) is 0.638. The van der Waals surface area contributed by atoms with Crippen LogP contribution in [0.15, 0.2) is 59.7 Å². The van der Waals surface area contributed by atoms with Crippen LogP contribution in [0.3, 0.4) is 0 Å². The molecule has 0 unspecified atom stereocenters. The van der Waals surface area contributed by atoms with Crippen molar-refractivity contribution >= 4 is 17.9 Å². The molecule has 0 spiro atoms. The maximum atomic E-state index is 10.7. The molecule has 0 aliphatic rings. The molecule has 2 N–H and O–H groups in total. The Bertz CT molecular complexity index is 548. The van der Waals surface area contributed by atoms with Crippen molar-refractivity contribution in [3.63, 3.8) is 0 Å². The summed E-state index contributed by atoms with van der Waals surface area (Å²) in [6, 6.07) is 16.1. The molecule has 0 heterocycles. The smallest absolute Gasteiger partial charge is 0.335 e. The monoisotopic (exact) mass is 240 g/mol. The van der Waals surface area contributed by atoms with Gasteiger partial charge in [0, 0.05) is 0 Å². The number of nitrogens with zero attached hydrogens (tertiary/aromatic N) is 1. The van der Waals surface area contributed by atoms with Crippen molar-refractivity contribution in [3.8, 4) is 0 Å². The number of benzene rings is 2. The van der Waals surface area contributed by atoms with Gasteiger partial charge < -0.3 is 5.11 Å². The first kappa shape index (κ1) is 11.9. The summed E-state index contributed by atoms with van der Waals surface area (Å²) in [7, 11) is 0. The predicted molar refractivity (Wildman–Crippen MR) is 71.1 cm³/mol. The number of hydrogen-bond acceptors (Lipinski definition) is 3. The topological polar surface area (TPSA) is 61.7 Å². The summed E-state index contributed by atoms with van der Waals surface area (Å²) in [6.07, 6.45) is 1.64. The standard InChI is InChI=1S/C14H12N2O2/c17-14(18)12-8-6-11(7-9-12)10-15-16-13-4-2-1-3-5-13/h1-10,16H,(H,17,18). The van der Waals surface area contributed by atoms with Gasteiger partial charge in [0.15, 0.2) is 0 Å². The van der Waals surface area contributed by atoms with Gasteiger partial charge in [-0.05, 0) is 29.8 Å². The van der Waals surface area contributed by atoms with Gasteiger partial charge in [-0.25, -0.2) is 4.79 Å². The van der Waals surface area contributed by atoms with Gasteiger partial charge in [-0.15, -0.1) is 0 Å². The Hall–Kier alpha value is -2.62. The van der Waals surface area contributed by atoms with Crippen LogP contribution in [0.25, 0.3) is 0 Å². The fourth-order valence-corrected chi connectivity index (χ4v) is 1.41. The molecule has 2 rings (SSSR count). The normalized spacial score (nSPS) is 10.4. The van der Waals surface area contributed by atoms with Gasteiger partial charge in [0.2, 0.25) is 0 Å². The van der Waals surface area contributed by atoms with Crippen molar-refractivity contribution in [2.75, 3.05) is 5.43 Å². The van der Waals surface area contributed by atoms with E-state index >= 15 is 0 Å². The highest BCUT2D eigenvalue weighted by atomic mass is 16.4. The molecule has 0 amide bonds. The number of carboxylic acids is 1. The molecule has 90 valence electrons. The van der Waals surface area contributed by atoms with E-state index in [1.54, 1.807) is 30.5 Å². The fourth-order valence-electron chi connectivity index (χ4n) is 1.41. The van der Waals surface area contributed by atoms with E-state index in [1.807, 2.05) is 30.3 Å². The first-order chi connectivity index (χ1) is 8.75. The average Bonchev–Trinajstić information content (AvgIpc) is 2.40. The van der Waals surface area contributed by atoms with E-state index in [9.17, 15) is 4.79 Å². The van der Waals surface area contributed by atoms with Crippen molar-refractivity contribution in [2.24, 2.45) is 5.10 Å². The summed E-state index contributed by atoms with van der Waals surface area (Å²) in [5.41, 5.74) is 4.89. The molecule has 0 fully saturated rings. The van der Waals surface area contributed by atoms with Crippen molar-refractivity contribution in [3.05, 3.63) is 65.7 Å². The van der Waals surface area contributed by atoms with Crippen LogP contribution in [-0.2, 0) is 0 Å². The van der Waals surface area contributed by atoms with Gasteiger partial charge in [0.1, 0.15) is 0 Å². The van der Waals surface area contributed by atoms with Gasteiger partial charge in [-0.3, -0.25) is 5.43 Å². The predicted octanol–water partition coefficient (Wildman–Crippen LogP) is 2.83. The van der Waals surface area contributed by atoms with Crippen LogP contribution in [0.1, 0.15) is 15.9 Å². The first-order valence-electron chi connectivity index (χ1n) is 5.43. The Kier molecular flexibility index (Phi) is 3.71. The number of hydrogen-bond donors (Lipinski definition) is 2. The van der Waals surface area contributed by atoms with Crippen LogP contribution in [0.4, 0.5) is 5.69 Å². The Morgan fingerprint density at radius 3 is 2.33 bits per heavy atom. The molecule has 0 aromatic heterocycles. The lowest BCUT2D eigenvalue weighted by molar-refractivity contribution is 0.0697. The zero-order chi connectivity index (χ0) is 12.8. The Morgan fingerprint density at radius 1 is 1.06 bits per heavy atom. The lowest BCUT2D eigenvalue weighted by Crippen LogP contribution is -1.96. The van der Waals surface area contributed by atoms with Crippen LogP contribution in [0, 0.1) is 0 Å². The molecule has 2 aromatic carbocycles. The third-order valence-electron chi connectivity index (χ3n) is 2.34. The minimum atomic E-state index is -0.930. The summed E-state index contributed by atoms with van der Waals surface area (Å²) in [4.78, 5) is 10.7. The highest BCUT2D eigenvalue weighted by Gasteiger charge is 1.99. The molecule has 0 bridgehead atoms. The molecule has 0 aliphatic carbocycles. The van der Waals surface area contributed by atoms with E-state index in [-0.39, 0.29) is 5.56 Å². The molecule has 4 nitrogen and oxygen atoms in total. The van der Waals surface area contributed by atoms with Crippen molar-refractivity contribution in [1.29, 1.82) is 0 Å². The molecule has 4 heteroatoms. The number of carbonyl (C=O) groups is 1. The molecular formula is C14H12N2O2. The number of nitrogens with one attached hydrogen (secondary N) is 1. The molecule has 0 atom stereocenters. The fraction of sp³-hybridized carbons (Fsp3) is 0. The van der Waals surface area contributed by atoms with Crippen molar-refractivity contribution < 1.29 is 9.90 Å². The van der Waals surface area contributed by atoms with Gasteiger partial charge in [0.05, 0.1) is 17.5 Å². The van der Waals surface area contributed by atoms with Gasteiger partial charge in [-0.1, -0.05) is 30.3 Å². The molecular weight excluding hydrogens is 228 g/mol. The molecule has 2 aromatic rings. The largest absolute Gasteiger partial charge is 0.478 e. The second kappa shape index (κ2) is 5.63. The van der Waals surface area contributed by atoms with E-state index < -0.39 is 5.97 Å². The van der Waals surface area contributed by atoms with Crippen LogP contribution in [0.5, 0.6) is 0 Å². The molecule has 0 saturated carbocycles. The van der Waals surface area contributed by atoms with Gasteiger partial charge >= 0.3 is 5.97 Å². The maximum Gasteiger partial charge on any atom is 0.335 e. The number of carboxylic acid groups (broad SMARTS) is 1. The SMILES string of the molecule is O=C(O)c1ccc(C=NNc2ccccc2)cc1. The van der Waals surface area contributed by atoms with E-state index in [2.05, 4.69) is 10.5 Å². The number of rotatable bonds is 4. The van der Waals surface area contributed by atoms with Gasteiger partial charge in [0.25, 0.3) is 0 Å². The van der Waals surface area contributed by atoms with Crippen LogP contribution >= 0.6 is 0 Å². The average molecular weight is 240 g/mol. The summed E-state index contributed by atoms with van der Waals surface area (Å²) in [6.45, 7) is 0. The summed E-state index contributed by atoms with van der Waals surface area (Å²) >= 11 is 0.